The van der Waals surface area contributed by atoms with Crippen molar-refractivity contribution in [2.45, 2.75) is 0 Å². The summed E-state index contributed by atoms with van der Waals surface area (Å²) in [7, 11) is 0. The van der Waals surface area contributed by atoms with E-state index >= 15 is 0 Å². The van der Waals surface area contributed by atoms with Crippen LogP contribution in [0.4, 0.5) is 0 Å². The standard InChI is InChI=1S/C11H6NO/c1-2-4-10-8(3-1)9-7-12-6-5-11(9)13-10/h1-5,7H. The molecule has 1 aromatic carbocycles. The van der Waals surface area contributed by atoms with Crippen LogP contribution in [0.15, 0.2) is 40.9 Å². The molecule has 0 aliphatic rings. The molecule has 0 aliphatic carbocycles. The van der Waals surface area contributed by atoms with E-state index in [-0.39, 0.29) is 0 Å². The van der Waals surface area contributed by atoms with Crippen molar-refractivity contribution < 1.29 is 4.42 Å². The Bertz CT molecular complexity index is 518. The Morgan fingerprint density at radius 3 is 3.00 bits per heavy atom. The average molecular weight is 168 g/mol. The fourth-order valence-electron chi connectivity index (χ4n) is 1.52. The van der Waals surface area contributed by atoms with Gasteiger partial charge in [-0.25, -0.2) is 0 Å². The van der Waals surface area contributed by atoms with Gasteiger partial charge in [0.1, 0.15) is 11.2 Å². The minimum Gasteiger partial charge on any atom is -0.456 e. The number of furan rings is 1. The topological polar surface area (TPSA) is 26.0 Å². The van der Waals surface area contributed by atoms with Gasteiger partial charge in [0, 0.05) is 23.0 Å². The SMILES string of the molecule is [c]1cc2oc3ccccc3c2cn1. The highest BCUT2D eigenvalue weighted by Crippen LogP contribution is 2.26. The van der Waals surface area contributed by atoms with E-state index in [0.717, 1.165) is 21.9 Å². The van der Waals surface area contributed by atoms with Crippen molar-refractivity contribution in [3.63, 3.8) is 0 Å². The van der Waals surface area contributed by atoms with E-state index in [1.807, 2.05) is 24.3 Å². The van der Waals surface area contributed by atoms with Crippen LogP contribution in [0.25, 0.3) is 21.9 Å². The number of aromatic nitrogens is 1. The van der Waals surface area contributed by atoms with Crippen LogP contribution < -0.4 is 0 Å². The molecule has 1 radical (unpaired) electrons. The molecule has 0 saturated carbocycles. The molecule has 2 heterocycles. The zero-order valence-corrected chi connectivity index (χ0v) is 6.82. The van der Waals surface area contributed by atoms with E-state index in [9.17, 15) is 0 Å². The van der Waals surface area contributed by atoms with Crippen molar-refractivity contribution in [3.05, 3.63) is 42.7 Å². The van der Waals surface area contributed by atoms with Crippen LogP contribution in [0.1, 0.15) is 0 Å². The van der Waals surface area contributed by atoms with Crippen LogP contribution in [0.2, 0.25) is 0 Å². The van der Waals surface area contributed by atoms with Gasteiger partial charge in [-0.2, -0.15) is 0 Å². The summed E-state index contributed by atoms with van der Waals surface area (Å²) in [6.45, 7) is 0. The highest BCUT2D eigenvalue weighted by atomic mass is 16.3. The summed E-state index contributed by atoms with van der Waals surface area (Å²) in [6.07, 6.45) is 4.53. The quantitative estimate of drug-likeness (QED) is 0.515. The molecular formula is C11H6NO. The van der Waals surface area contributed by atoms with Gasteiger partial charge in [-0.3, -0.25) is 4.98 Å². The molecule has 2 heteroatoms. The number of pyridine rings is 1. The molecule has 2 aromatic heterocycles. The molecule has 61 valence electrons. The van der Waals surface area contributed by atoms with Gasteiger partial charge >= 0.3 is 0 Å². The van der Waals surface area contributed by atoms with E-state index < -0.39 is 0 Å². The van der Waals surface area contributed by atoms with Crippen molar-refractivity contribution in [3.8, 4) is 0 Å². The maximum atomic E-state index is 5.58. The Morgan fingerprint density at radius 2 is 2.00 bits per heavy atom. The van der Waals surface area contributed by atoms with Gasteiger partial charge in [-0.15, -0.1) is 0 Å². The van der Waals surface area contributed by atoms with Crippen molar-refractivity contribution in [1.29, 1.82) is 0 Å². The Labute approximate surface area is 74.8 Å². The third kappa shape index (κ3) is 0.855. The molecule has 0 bridgehead atoms. The summed E-state index contributed by atoms with van der Waals surface area (Å²) in [5, 5.41) is 2.16. The van der Waals surface area contributed by atoms with Gasteiger partial charge in [0.05, 0.1) is 6.20 Å². The number of hydrogen-bond donors (Lipinski definition) is 0. The predicted octanol–water partition coefficient (Wildman–Crippen LogP) is 2.78. The zero-order chi connectivity index (χ0) is 8.67. The highest BCUT2D eigenvalue weighted by Gasteiger charge is 2.03. The third-order valence-corrected chi connectivity index (χ3v) is 2.13. The molecule has 0 saturated heterocycles. The number of nitrogens with zero attached hydrogens (tertiary/aromatic N) is 1. The highest BCUT2D eigenvalue weighted by molar-refractivity contribution is 6.04. The van der Waals surface area contributed by atoms with Crippen LogP contribution in [-0.2, 0) is 0 Å². The lowest BCUT2D eigenvalue weighted by Crippen LogP contribution is -1.68. The summed E-state index contributed by atoms with van der Waals surface area (Å²) < 4.78 is 5.58. The first-order valence-corrected chi connectivity index (χ1v) is 4.08. The minimum absolute atomic E-state index is 0.844. The number of fused-ring (bicyclic) bond motifs is 3. The van der Waals surface area contributed by atoms with Crippen LogP contribution in [0, 0.1) is 6.20 Å². The predicted molar refractivity (Wildman–Crippen MR) is 50.4 cm³/mol. The molecule has 0 fully saturated rings. The fraction of sp³-hybridized carbons (Fsp3) is 0. The van der Waals surface area contributed by atoms with Crippen molar-refractivity contribution in [1.82, 2.24) is 4.98 Å². The number of rotatable bonds is 0. The number of para-hydroxylation sites is 1. The molecule has 0 spiro atoms. The van der Waals surface area contributed by atoms with Crippen molar-refractivity contribution >= 4 is 21.9 Å². The largest absolute Gasteiger partial charge is 0.456 e. The van der Waals surface area contributed by atoms with E-state index in [1.165, 1.54) is 0 Å². The maximum absolute atomic E-state index is 5.58. The van der Waals surface area contributed by atoms with Crippen LogP contribution in [0.3, 0.4) is 0 Å². The summed E-state index contributed by atoms with van der Waals surface area (Å²) in [5.74, 6) is 0. The Hall–Kier alpha value is -1.83. The molecule has 3 rings (SSSR count). The van der Waals surface area contributed by atoms with Gasteiger partial charge in [-0.1, -0.05) is 18.2 Å². The lowest BCUT2D eigenvalue weighted by Gasteiger charge is -1.84. The van der Waals surface area contributed by atoms with Crippen LogP contribution >= 0.6 is 0 Å². The van der Waals surface area contributed by atoms with E-state index in [4.69, 9.17) is 4.42 Å². The molecule has 0 atom stereocenters. The average Bonchev–Trinajstić information content (AvgIpc) is 2.56. The summed E-state index contributed by atoms with van der Waals surface area (Å²) in [5.41, 5.74) is 1.75. The third-order valence-electron chi connectivity index (χ3n) is 2.13. The first-order valence-electron chi connectivity index (χ1n) is 4.08. The van der Waals surface area contributed by atoms with Gasteiger partial charge in [0.2, 0.25) is 0 Å². The monoisotopic (exact) mass is 168 g/mol. The van der Waals surface area contributed by atoms with Crippen LogP contribution in [-0.4, -0.2) is 4.98 Å². The minimum atomic E-state index is 0.844. The molecule has 13 heavy (non-hydrogen) atoms. The Balaban J connectivity index is 2.64. The number of hydrogen-bond acceptors (Lipinski definition) is 2. The van der Waals surface area contributed by atoms with E-state index in [0.29, 0.717) is 0 Å². The maximum Gasteiger partial charge on any atom is 0.139 e. The second-order valence-electron chi connectivity index (χ2n) is 2.91. The second-order valence-corrected chi connectivity index (χ2v) is 2.91. The Kier molecular flexibility index (Phi) is 1.19. The van der Waals surface area contributed by atoms with Crippen molar-refractivity contribution in [2.75, 3.05) is 0 Å². The molecular weight excluding hydrogens is 162 g/mol. The Morgan fingerprint density at radius 1 is 1.08 bits per heavy atom. The van der Waals surface area contributed by atoms with E-state index in [2.05, 4.69) is 11.2 Å². The van der Waals surface area contributed by atoms with Gasteiger partial charge in [0.15, 0.2) is 0 Å². The van der Waals surface area contributed by atoms with Crippen molar-refractivity contribution in [2.24, 2.45) is 0 Å². The smallest absolute Gasteiger partial charge is 0.139 e. The molecule has 0 unspecified atom stereocenters. The number of benzene rings is 1. The van der Waals surface area contributed by atoms with Crippen LogP contribution in [0.5, 0.6) is 0 Å². The van der Waals surface area contributed by atoms with Gasteiger partial charge in [-0.05, 0) is 6.07 Å². The second kappa shape index (κ2) is 2.33. The van der Waals surface area contributed by atoms with E-state index in [1.54, 1.807) is 12.3 Å². The fourth-order valence-corrected chi connectivity index (χ4v) is 1.52. The van der Waals surface area contributed by atoms with Gasteiger partial charge < -0.3 is 4.42 Å². The molecule has 0 amide bonds. The summed E-state index contributed by atoms with van der Waals surface area (Å²) in [6, 6.07) is 9.70. The lowest BCUT2D eigenvalue weighted by atomic mass is 10.2. The molecule has 3 aromatic rings. The molecule has 0 N–H and O–H groups in total. The molecule has 2 nitrogen and oxygen atoms in total. The van der Waals surface area contributed by atoms with Gasteiger partial charge in [0.25, 0.3) is 0 Å². The first-order chi connectivity index (χ1) is 6.45. The summed E-state index contributed by atoms with van der Waals surface area (Å²) >= 11 is 0. The zero-order valence-electron chi connectivity index (χ0n) is 6.82. The molecule has 0 aliphatic heterocycles. The lowest BCUT2D eigenvalue weighted by molar-refractivity contribution is 0.668. The first kappa shape index (κ1) is 6.66. The normalized spacial score (nSPS) is 11.1. The summed E-state index contributed by atoms with van der Waals surface area (Å²) in [4.78, 5) is 3.95.